The van der Waals surface area contributed by atoms with Crippen molar-refractivity contribution in [3.63, 3.8) is 0 Å². The van der Waals surface area contributed by atoms with Crippen LogP contribution >= 0.6 is 17.4 Å². The van der Waals surface area contributed by atoms with Gasteiger partial charge < -0.3 is 4.52 Å². The standard InChI is InChI=1S/C23H38OP2/c1-4-6-8-10-12-13-14-15-16-18-20-22(3)23(24-26-25)21-19-17-11-9-7-5-2/h7-10,13-20,22-23,26H,4-6,11-12,21,25H2,1-3H3. The van der Waals surface area contributed by atoms with E-state index in [2.05, 4.69) is 103 Å². The third-order valence-electron chi connectivity index (χ3n) is 3.79. The molecule has 0 rings (SSSR count). The van der Waals surface area contributed by atoms with Gasteiger partial charge in [0.15, 0.2) is 0 Å². The highest BCUT2D eigenvalue weighted by molar-refractivity contribution is 8.00. The van der Waals surface area contributed by atoms with Gasteiger partial charge in [-0.1, -0.05) is 109 Å². The van der Waals surface area contributed by atoms with Crippen LogP contribution in [0, 0.1) is 5.92 Å². The molecule has 1 nitrogen and oxygen atoms in total. The Bertz CT molecular complexity index is 473. The molecule has 0 amide bonds. The van der Waals surface area contributed by atoms with E-state index in [1.165, 1.54) is 12.8 Å². The van der Waals surface area contributed by atoms with E-state index in [9.17, 15) is 0 Å². The Morgan fingerprint density at radius 2 is 1.54 bits per heavy atom. The third-order valence-corrected chi connectivity index (χ3v) is 4.64. The van der Waals surface area contributed by atoms with Crippen molar-refractivity contribution in [2.24, 2.45) is 5.92 Å². The minimum atomic E-state index is 0.237. The predicted octanol–water partition coefficient (Wildman–Crippen LogP) is 8.11. The first-order valence-corrected chi connectivity index (χ1v) is 12.5. The summed E-state index contributed by atoms with van der Waals surface area (Å²) in [5, 5.41) is 0. The van der Waals surface area contributed by atoms with Crippen molar-refractivity contribution in [2.45, 2.75) is 65.4 Å². The summed E-state index contributed by atoms with van der Waals surface area (Å²) in [6.45, 7) is 6.58. The molecule has 0 aromatic carbocycles. The first-order valence-electron chi connectivity index (χ1n) is 9.82. The molecule has 0 aromatic rings. The summed E-state index contributed by atoms with van der Waals surface area (Å²) < 4.78 is 5.90. The zero-order valence-corrected chi connectivity index (χ0v) is 19.0. The molecule has 3 heteroatoms. The zero-order valence-electron chi connectivity index (χ0n) is 16.8. The lowest BCUT2D eigenvalue weighted by Crippen LogP contribution is -2.15. The minimum Gasteiger partial charge on any atom is -0.354 e. The highest BCUT2D eigenvalue weighted by atomic mass is 32.0. The summed E-state index contributed by atoms with van der Waals surface area (Å²) in [5.74, 6) is 0.393. The highest BCUT2D eigenvalue weighted by Crippen LogP contribution is 2.29. The van der Waals surface area contributed by atoms with Gasteiger partial charge in [-0.25, -0.2) is 0 Å². The summed E-state index contributed by atoms with van der Waals surface area (Å²) >= 11 is 0. The Morgan fingerprint density at radius 1 is 0.846 bits per heavy atom. The Morgan fingerprint density at radius 3 is 2.27 bits per heavy atom. The Balaban J connectivity index is 4.23. The van der Waals surface area contributed by atoms with Gasteiger partial charge in [-0.15, -0.1) is 0 Å². The van der Waals surface area contributed by atoms with Crippen LogP contribution < -0.4 is 0 Å². The number of rotatable bonds is 15. The number of allylic oxidation sites excluding steroid dienone is 10. The molecule has 0 heterocycles. The molecule has 26 heavy (non-hydrogen) atoms. The second-order valence-corrected chi connectivity index (χ2v) is 7.33. The van der Waals surface area contributed by atoms with Crippen LogP contribution in [-0.2, 0) is 4.52 Å². The lowest BCUT2D eigenvalue weighted by Gasteiger charge is -2.19. The van der Waals surface area contributed by atoms with Crippen LogP contribution in [-0.4, -0.2) is 6.10 Å². The number of hydrogen-bond donors (Lipinski definition) is 0. The molecule has 0 saturated carbocycles. The number of hydrogen-bond acceptors (Lipinski definition) is 1. The molecule has 4 unspecified atom stereocenters. The summed E-state index contributed by atoms with van der Waals surface area (Å²) in [5.41, 5.74) is 0. The van der Waals surface area contributed by atoms with E-state index in [0.717, 1.165) is 25.7 Å². The van der Waals surface area contributed by atoms with Crippen LogP contribution in [0.25, 0.3) is 0 Å². The Labute approximate surface area is 166 Å². The van der Waals surface area contributed by atoms with E-state index in [-0.39, 0.29) is 6.10 Å². The van der Waals surface area contributed by atoms with Gasteiger partial charge in [0.1, 0.15) is 0 Å². The fraction of sp³-hybridized carbons (Fsp3) is 0.478. The summed E-state index contributed by atoms with van der Waals surface area (Å²) in [7, 11) is 3.13. The molecule has 0 aliphatic rings. The van der Waals surface area contributed by atoms with E-state index >= 15 is 0 Å². The summed E-state index contributed by atoms with van der Waals surface area (Å²) in [4.78, 5) is 0. The molecule has 0 aliphatic carbocycles. The largest absolute Gasteiger partial charge is 0.354 e. The molecule has 4 atom stereocenters. The van der Waals surface area contributed by atoms with Gasteiger partial charge in [-0.05, 0) is 32.1 Å². The second kappa shape index (κ2) is 20.6. The number of unbranched alkanes of at least 4 members (excludes halogenated alkanes) is 1. The smallest absolute Gasteiger partial charge is 0.0713 e. The predicted molar refractivity (Wildman–Crippen MR) is 126 cm³/mol. The van der Waals surface area contributed by atoms with E-state index < -0.39 is 0 Å². The Hall–Kier alpha value is -0.740. The van der Waals surface area contributed by atoms with Gasteiger partial charge in [0, 0.05) is 14.4 Å². The lowest BCUT2D eigenvalue weighted by atomic mass is 10.0. The SMILES string of the molecule is CCC=CCC=CCC(OPP)C(C)C=CC=CC=CCC=CCCC. The maximum Gasteiger partial charge on any atom is 0.0713 e. The molecule has 0 aromatic heterocycles. The van der Waals surface area contributed by atoms with Gasteiger partial charge in [-0.2, -0.15) is 0 Å². The topological polar surface area (TPSA) is 9.23 Å². The molecule has 0 radical (unpaired) electrons. The van der Waals surface area contributed by atoms with E-state index in [0.29, 0.717) is 14.4 Å². The lowest BCUT2D eigenvalue weighted by molar-refractivity contribution is 0.197. The molecule has 146 valence electrons. The van der Waals surface area contributed by atoms with Gasteiger partial charge in [-0.3, -0.25) is 0 Å². The third kappa shape index (κ3) is 16.7. The second-order valence-electron chi connectivity index (χ2n) is 6.15. The summed E-state index contributed by atoms with van der Waals surface area (Å²) in [6.07, 6.45) is 32.9. The van der Waals surface area contributed by atoms with Crippen molar-refractivity contribution in [2.75, 3.05) is 0 Å². The van der Waals surface area contributed by atoms with Crippen molar-refractivity contribution < 1.29 is 4.52 Å². The van der Waals surface area contributed by atoms with Crippen LogP contribution in [0.5, 0.6) is 0 Å². The molecule has 0 saturated heterocycles. The molecule has 0 aliphatic heterocycles. The quantitative estimate of drug-likeness (QED) is 0.155. The van der Waals surface area contributed by atoms with Crippen LogP contribution in [0.3, 0.4) is 0 Å². The van der Waals surface area contributed by atoms with Gasteiger partial charge in [0.25, 0.3) is 0 Å². The van der Waals surface area contributed by atoms with Crippen LogP contribution in [0.2, 0.25) is 0 Å². The van der Waals surface area contributed by atoms with Crippen molar-refractivity contribution in [3.8, 4) is 0 Å². The fourth-order valence-electron chi connectivity index (χ4n) is 2.23. The average molecular weight is 393 g/mol. The molecular formula is C23H38OP2. The van der Waals surface area contributed by atoms with Gasteiger partial charge in [0.05, 0.1) is 6.10 Å². The zero-order chi connectivity index (χ0) is 19.3. The van der Waals surface area contributed by atoms with Crippen LogP contribution in [0.1, 0.15) is 59.3 Å². The highest BCUT2D eigenvalue weighted by Gasteiger charge is 2.13. The maximum atomic E-state index is 5.90. The van der Waals surface area contributed by atoms with Gasteiger partial charge >= 0.3 is 0 Å². The van der Waals surface area contributed by atoms with E-state index in [1.807, 2.05) is 0 Å². The maximum absolute atomic E-state index is 5.90. The first-order chi connectivity index (χ1) is 12.8. The van der Waals surface area contributed by atoms with E-state index in [1.54, 1.807) is 0 Å². The van der Waals surface area contributed by atoms with Crippen molar-refractivity contribution in [3.05, 3.63) is 72.9 Å². The molecule has 0 N–H and O–H groups in total. The monoisotopic (exact) mass is 392 g/mol. The van der Waals surface area contributed by atoms with Crippen molar-refractivity contribution in [1.82, 2.24) is 0 Å². The molecular weight excluding hydrogens is 354 g/mol. The molecule has 0 bridgehead atoms. The van der Waals surface area contributed by atoms with Crippen molar-refractivity contribution >= 4 is 17.4 Å². The molecule has 0 spiro atoms. The molecule has 0 fully saturated rings. The normalized spacial score (nSPS) is 16.2. The van der Waals surface area contributed by atoms with E-state index in [4.69, 9.17) is 4.52 Å². The van der Waals surface area contributed by atoms with Crippen LogP contribution in [0.15, 0.2) is 72.9 Å². The van der Waals surface area contributed by atoms with Crippen LogP contribution in [0.4, 0.5) is 0 Å². The van der Waals surface area contributed by atoms with Crippen molar-refractivity contribution in [1.29, 1.82) is 0 Å². The Kier molecular flexibility index (Phi) is 20.0. The fourth-order valence-corrected chi connectivity index (χ4v) is 3.24. The summed E-state index contributed by atoms with van der Waals surface area (Å²) in [6, 6.07) is 0. The average Bonchev–Trinajstić information content (AvgIpc) is 2.65. The minimum absolute atomic E-state index is 0.237. The van der Waals surface area contributed by atoms with Gasteiger partial charge in [0.2, 0.25) is 0 Å². The first kappa shape index (κ1) is 25.3.